The average Bonchev–Trinajstić information content (AvgIpc) is 3.02. The second-order valence-electron chi connectivity index (χ2n) is 9.31. The second-order valence-corrected chi connectivity index (χ2v) is 9.31. The molecule has 234 valence electrons. The summed E-state index contributed by atoms with van der Waals surface area (Å²) in [5.41, 5.74) is -0.173. The molecule has 0 heterocycles. The van der Waals surface area contributed by atoms with Crippen LogP contribution in [0.25, 0.3) is 0 Å². The van der Waals surface area contributed by atoms with E-state index in [1.54, 1.807) is 43.4 Å². The van der Waals surface area contributed by atoms with Gasteiger partial charge in [0.05, 0.1) is 34.4 Å². The lowest BCUT2D eigenvalue weighted by molar-refractivity contribution is -0.134. The fraction of sp³-hybridized carbons (Fsp3) is 0.156. The second kappa shape index (κ2) is 15.5. The number of ketones is 1. The number of aliphatic carboxylic acids is 2. The van der Waals surface area contributed by atoms with E-state index in [1.165, 1.54) is 6.92 Å². The molecule has 0 radical (unpaired) electrons. The Balaban J connectivity index is 1.87. The third-order valence-electron chi connectivity index (χ3n) is 6.01. The fourth-order valence-corrected chi connectivity index (χ4v) is 3.59. The Morgan fingerprint density at radius 3 is 1.84 bits per heavy atom. The fourth-order valence-electron chi connectivity index (χ4n) is 3.59. The van der Waals surface area contributed by atoms with Gasteiger partial charge in [0.2, 0.25) is 0 Å². The number of Topliss-reactive ketones (excluding diaryl/α,β-unsaturated/α-hetero) is 1. The van der Waals surface area contributed by atoms with Crippen molar-refractivity contribution in [3.05, 3.63) is 102 Å². The number of carboxylic acid groups (broad SMARTS) is 2. The van der Waals surface area contributed by atoms with Gasteiger partial charge in [-0.3, -0.25) is 9.59 Å². The van der Waals surface area contributed by atoms with Crippen LogP contribution in [0.15, 0.2) is 85.0 Å². The number of rotatable bonds is 16. The summed E-state index contributed by atoms with van der Waals surface area (Å²) in [6, 6.07) is 15.8. The molecule has 13 heteroatoms. The van der Waals surface area contributed by atoms with Crippen molar-refractivity contribution in [3.8, 4) is 17.2 Å². The van der Waals surface area contributed by atoms with Gasteiger partial charge in [0, 0.05) is 18.4 Å². The quantitative estimate of drug-likeness (QED) is 0.0567. The van der Waals surface area contributed by atoms with Crippen LogP contribution in [0.2, 0.25) is 0 Å². The smallest absolute Gasteiger partial charge is 0.339 e. The minimum Gasteiger partial charge on any atom is -0.478 e. The summed E-state index contributed by atoms with van der Waals surface area (Å²) < 4.78 is 21.5. The zero-order chi connectivity index (χ0) is 33.1. The van der Waals surface area contributed by atoms with Crippen molar-refractivity contribution in [3.63, 3.8) is 0 Å². The molecule has 1 amide bonds. The summed E-state index contributed by atoms with van der Waals surface area (Å²) in [5, 5.41) is 23.6. The van der Waals surface area contributed by atoms with Crippen molar-refractivity contribution in [1.29, 1.82) is 0 Å². The van der Waals surface area contributed by atoms with Gasteiger partial charge >= 0.3 is 17.9 Å². The lowest BCUT2D eigenvalue weighted by Crippen LogP contribution is -2.21. The molecule has 0 aromatic heterocycles. The molecule has 45 heavy (non-hydrogen) atoms. The Kier molecular flexibility index (Phi) is 11.6. The standard InChI is InChI=1S/C32H30N2O11/c1-18(30(37)38)15-42-17-44-28-14-26(27(13-25(28)20(3)35)32(41)43-16-19(2)31(39)40)29(36)34-22-7-11-24(12-8-22)45-23-9-5-21(33-4)6-10-23/h5-14,33H,1-2,15-17H2,3-4H3,(H,34,36)(H,37,38)(H,39,40). The van der Waals surface area contributed by atoms with Crippen LogP contribution in [0.1, 0.15) is 38.0 Å². The van der Waals surface area contributed by atoms with Crippen molar-refractivity contribution in [2.45, 2.75) is 6.92 Å². The van der Waals surface area contributed by atoms with Crippen LogP contribution in [0, 0.1) is 0 Å². The van der Waals surface area contributed by atoms with E-state index in [-0.39, 0.29) is 34.6 Å². The first-order valence-electron chi connectivity index (χ1n) is 13.2. The van der Waals surface area contributed by atoms with Crippen LogP contribution in [0.4, 0.5) is 11.4 Å². The average molecular weight is 619 g/mol. The van der Waals surface area contributed by atoms with Crippen LogP contribution in [0.3, 0.4) is 0 Å². The van der Waals surface area contributed by atoms with Crippen molar-refractivity contribution in [2.24, 2.45) is 0 Å². The zero-order valence-electron chi connectivity index (χ0n) is 24.4. The van der Waals surface area contributed by atoms with E-state index in [1.807, 2.05) is 12.1 Å². The SMILES string of the molecule is C=C(COCOc1cc(C(=O)Nc2ccc(Oc3ccc(NC)cc3)cc2)c(C(=O)OCC(=C)C(=O)O)cc1C(C)=O)C(=O)O. The maximum atomic E-state index is 13.4. The summed E-state index contributed by atoms with van der Waals surface area (Å²) in [4.78, 5) is 60.9. The van der Waals surface area contributed by atoms with Crippen LogP contribution in [-0.2, 0) is 19.1 Å². The number of ether oxygens (including phenoxy) is 4. The summed E-state index contributed by atoms with van der Waals surface area (Å²) in [5.74, 6) is -4.17. The lowest BCUT2D eigenvalue weighted by atomic mass is 9.99. The van der Waals surface area contributed by atoms with Crippen LogP contribution in [0.5, 0.6) is 17.2 Å². The van der Waals surface area contributed by atoms with E-state index in [2.05, 4.69) is 23.8 Å². The molecule has 0 aliphatic rings. The van der Waals surface area contributed by atoms with Crippen LogP contribution >= 0.6 is 0 Å². The number of benzene rings is 3. The number of hydrogen-bond acceptors (Lipinski definition) is 10. The molecule has 3 aromatic rings. The molecule has 0 unspecified atom stereocenters. The lowest BCUT2D eigenvalue weighted by Gasteiger charge is -2.16. The summed E-state index contributed by atoms with van der Waals surface area (Å²) in [7, 11) is 1.80. The molecular weight excluding hydrogens is 588 g/mol. The highest BCUT2D eigenvalue weighted by atomic mass is 16.7. The predicted molar refractivity (Wildman–Crippen MR) is 162 cm³/mol. The van der Waals surface area contributed by atoms with Gasteiger partial charge in [0.15, 0.2) is 12.6 Å². The summed E-state index contributed by atoms with van der Waals surface area (Å²) in [6.07, 6.45) is 0. The first-order chi connectivity index (χ1) is 21.4. The first-order valence-corrected chi connectivity index (χ1v) is 13.2. The number of nitrogens with one attached hydrogen (secondary N) is 2. The van der Waals surface area contributed by atoms with Gasteiger partial charge in [-0.1, -0.05) is 13.2 Å². The minimum atomic E-state index is -1.39. The topological polar surface area (TPSA) is 187 Å². The van der Waals surface area contributed by atoms with Crippen molar-refractivity contribution >= 4 is 41.0 Å². The molecule has 0 fully saturated rings. The molecular formula is C32H30N2O11. The Morgan fingerprint density at radius 1 is 0.756 bits per heavy atom. The first kappa shape index (κ1) is 33.6. The van der Waals surface area contributed by atoms with Crippen molar-refractivity contribution < 1.29 is 53.1 Å². The molecule has 0 bridgehead atoms. The molecule has 13 nitrogen and oxygen atoms in total. The van der Waals surface area contributed by atoms with Gasteiger partial charge in [0.1, 0.15) is 23.9 Å². The molecule has 0 aliphatic carbocycles. The molecule has 4 N–H and O–H groups in total. The van der Waals surface area contributed by atoms with Crippen molar-refractivity contribution in [2.75, 3.05) is 37.7 Å². The predicted octanol–water partition coefficient (Wildman–Crippen LogP) is 4.77. The van der Waals surface area contributed by atoms with Crippen LogP contribution < -0.4 is 20.1 Å². The summed E-state index contributed by atoms with van der Waals surface area (Å²) in [6.45, 7) is 6.25. The number of amides is 1. The van der Waals surface area contributed by atoms with Gasteiger partial charge in [-0.25, -0.2) is 14.4 Å². The Hall–Kier alpha value is -5.95. The number of anilines is 2. The Bertz CT molecular complexity index is 1630. The van der Waals surface area contributed by atoms with Gasteiger partial charge in [0.25, 0.3) is 5.91 Å². The Morgan fingerprint density at radius 2 is 1.31 bits per heavy atom. The number of carbonyl (C=O) groups excluding carboxylic acids is 3. The van der Waals surface area contributed by atoms with E-state index in [0.717, 1.165) is 17.8 Å². The highest BCUT2D eigenvalue weighted by Gasteiger charge is 2.25. The molecule has 0 spiro atoms. The maximum Gasteiger partial charge on any atom is 0.339 e. The van der Waals surface area contributed by atoms with Gasteiger partial charge in [-0.2, -0.15) is 0 Å². The largest absolute Gasteiger partial charge is 0.478 e. The molecule has 3 aromatic carbocycles. The number of carboxylic acids is 2. The van der Waals surface area contributed by atoms with E-state index in [9.17, 15) is 24.0 Å². The molecule has 3 rings (SSSR count). The number of carbonyl (C=O) groups is 5. The number of hydrogen-bond donors (Lipinski definition) is 4. The minimum absolute atomic E-state index is 0.125. The molecule has 0 saturated carbocycles. The Labute approximate surface area is 257 Å². The highest BCUT2D eigenvalue weighted by molar-refractivity contribution is 6.13. The third kappa shape index (κ3) is 9.53. The molecule has 0 atom stereocenters. The van der Waals surface area contributed by atoms with Crippen molar-refractivity contribution in [1.82, 2.24) is 0 Å². The summed E-state index contributed by atoms with van der Waals surface area (Å²) >= 11 is 0. The normalized spacial score (nSPS) is 10.3. The monoisotopic (exact) mass is 618 g/mol. The van der Waals surface area contributed by atoms with E-state index in [4.69, 9.17) is 29.2 Å². The van der Waals surface area contributed by atoms with E-state index < -0.39 is 48.6 Å². The molecule has 0 saturated heterocycles. The van der Waals surface area contributed by atoms with Gasteiger partial charge in [-0.15, -0.1) is 0 Å². The van der Waals surface area contributed by atoms with Gasteiger partial charge < -0.3 is 39.8 Å². The maximum absolute atomic E-state index is 13.4. The molecule has 0 aliphatic heterocycles. The highest BCUT2D eigenvalue weighted by Crippen LogP contribution is 2.28. The van der Waals surface area contributed by atoms with E-state index >= 15 is 0 Å². The third-order valence-corrected chi connectivity index (χ3v) is 6.01. The zero-order valence-corrected chi connectivity index (χ0v) is 24.4. The van der Waals surface area contributed by atoms with Gasteiger partial charge in [-0.05, 0) is 67.6 Å². The van der Waals surface area contributed by atoms with E-state index in [0.29, 0.717) is 17.2 Å². The number of esters is 1. The van der Waals surface area contributed by atoms with Crippen LogP contribution in [-0.4, -0.2) is 66.9 Å².